The van der Waals surface area contributed by atoms with Gasteiger partial charge in [0, 0.05) is 24.9 Å². The minimum Gasteiger partial charge on any atom is -0.398 e. The quantitative estimate of drug-likeness (QED) is 0.860. The van der Waals surface area contributed by atoms with Gasteiger partial charge in [-0.25, -0.2) is 0 Å². The van der Waals surface area contributed by atoms with Crippen molar-refractivity contribution in [3.63, 3.8) is 0 Å². The standard InChI is InChI=1S/C16H24N2O2/c1-12(2)18(11-13-7-4-5-8-14(13)17)15(19)16(3)9-6-10-20-16/h4-5,7-8,12H,6,9-11,17H2,1-3H3. The Kier molecular flexibility index (Phi) is 4.33. The number of hydrogen-bond donors (Lipinski definition) is 1. The highest BCUT2D eigenvalue weighted by Gasteiger charge is 2.41. The van der Waals surface area contributed by atoms with Crippen molar-refractivity contribution in [2.45, 2.75) is 51.8 Å². The van der Waals surface area contributed by atoms with Gasteiger partial charge in [0.25, 0.3) is 5.91 Å². The van der Waals surface area contributed by atoms with Crippen LogP contribution in [0.1, 0.15) is 39.2 Å². The fraction of sp³-hybridized carbons (Fsp3) is 0.562. The summed E-state index contributed by atoms with van der Waals surface area (Å²) in [6, 6.07) is 7.80. The Labute approximate surface area is 120 Å². The van der Waals surface area contributed by atoms with Crippen molar-refractivity contribution in [3.05, 3.63) is 29.8 Å². The second kappa shape index (κ2) is 5.83. The molecule has 110 valence electrons. The van der Waals surface area contributed by atoms with Gasteiger partial charge >= 0.3 is 0 Å². The maximum atomic E-state index is 12.8. The van der Waals surface area contributed by atoms with Gasteiger partial charge in [0.1, 0.15) is 5.60 Å². The number of carbonyl (C=O) groups excluding carboxylic acids is 1. The Morgan fingerprint density at radius 1 is 1.45 bits per heavy atom. The molecule has 1 saturated heterocycles. The summed E-state index contributed by atoms with van der Waals surface area (Å²) in [6.07, 6.45) is 1.74. The molecule has 20 heavy (non-hydrogen) atoms. The fourth-order valence-electron chi connectivity index (χ4n) is 2.60. The van der Waals surface area contributed by atoms with Gasteiger partial charge in [0.2, 0.25) is 0 Å². The summed E-state index contributed by atoms with van der Waals surface area (Å²) in [6.45, 7) is 7.14. The molecule has 0 aromatic heterocycles. The van der Waals surface area contributed by atoms with Crippen LogP contribution in [0.25, 0.3) is 0 Å². The zero-order chi connectivity index (χ0) is 14.8. The lowest BCUT2D eigenvalue weighted by Gasteiger charge is -2.34. The van der Waals surface area contributed by atoms with Crippen molar-refractivity contribution in [2.75, 3.05) is 12.3 Å². The van der Waals surface area contributed by atoms with E-state index in [1.165, 1.54) is 0 Å². The van der Waals surface area contributed by atoms with Crippen LogP contribution in [-0.2, 0) is 16.1 Å². The van der Waals surface area contributed by atoms with Crippen LogP contribution in [-0.4, -0.2) is 29.1 Å². The van der Waals surface area contributed by atoms with E-state index in [1.807, 2.05) is 49.9 Å². The van der Waals surface area contributed by atoms with E-state index in [9.17, 15) is 4.79 Å². The number of para-hydroxylation sites is 1. The molecule has 4 heteroatoms. The first-order valence-electron chi connectivity index (χ1n) is 7.22. The van der Waals surface area contributed by atoms with Crippen molar-refractivity contribution < 1.29 is 9.53 Å². The number of carbonyl (C=O) groups is 1. The number of nitrogens with zero attached hydrogens (tertiary/aromatic N) is 1. The topological polar surface area (TPSA) is 55.6 Å². The molecule has 1 unspecified atom stereocenters. The van der Waals surface area contributed by atoms with Gasteiger partial charge in [-0.1, -0.05) is 18.2 Å². The first kappa shape index (κ1) is 14.9. The summed E-state index contributed by atoms with van der Waals surface area (Å²) in [7, 11) is 0. The molecule has 1 fully saturated rings. The number of rotatable bonds is 4. The van der Waals surface area contributed by atoms with Crippen LogP contribution in [0.2, 0.25) is 0 Å². The lowest BCUT2D eigenvalue weighted by Crippen LogP contribution is -2.49. The van der Waals surface area contributed by atoms with Crippen LogP contribution in [0.15, 0.2) is 24.3 Å². The highest BCUT2D eigenvalue weighted by molar-refractivity contribution is 5.85. The molecule has 0 spiro atoms. The predicted octanol–water partition coefficient (Wildman–Crippen LogP) is 2.57. The minimum absolute atomic E-state index is 0.0632. The Balaban J connectivity index is 2.19. The zero-order valence-corrected chi connectivity index (χ0v) is 12.6. The molecular weight excluding hydrogens is 252 g/mol. The van der Waals surface area contributed by atoms with Crippen LogP contribution in [0.5, 0.6) is 0 Å². The Morgan fingerprint density at radius 2 is 2.15 bits per heavy atom. The van der Waals surface area contributed by atoms with Gasteiger partial charge in [0.15, 0.2) is 0 Å². The number of hydrogen-bond acceptors (Lipinski definition) is 3. The number of nitrogens with two attached hydrogens (primary N) is 1. The molecule has 1 aromatic carbocycles. The van der Waals surface area contributed by atoms with E-state index in [4.69, 9.17) is 10.5 Å². The van der Waals surface area contributed by atoms with Crippen molar-refractivity contribution >= 4 is 11.6 Å². The van der Waals surface area contributed by atoms with Crippen LogP contribution in [0, 0.1) is 0 Å². The van der Waals surface area contributed by atoms with E-state index in [0.717, 1.165) is 24.1 Å². The zero-order valence-electron chi connectivity index (χ0n) is 12.6. The molecule has 1 amide bonds. The number of benzene rings is 1. The van der Waals surface area contributed by atoms with Crippen molar-refractivity contribution in [1.29, 1.82) is 0 Å². The fourth-order valence-corrected chi connectivity index (χ4v) is 2.60. The van der Waals surface area contributed by atoms with E-state index in [2.05, 4.69) is 0 Å². The second-order valence-corrected chi connectivity index (χ2v) is 5.91. The minimum atomic E-state index is -0.673. The summed E-state index contributed by atoms with van der Waals surface area (Å²) >= 11 is 0. The van der Waals surface area contributed by atoms with E-state index >= 15 is 0 Å². The van der Waals surface area contributed by atoms with Gasteiger partial charge in [-0.15, -0.1) is 0 Å². The monoisotopic (exact) mass is 276 g/mol. The predicted molar refractivity (Wildman–Crippen MR) is 80.1 cm³/mol. The first-order valence-corrected chi connectivity index (χ1v) is 7.22. The highest BCUT2D eigenvalue weighted by Crippen LogP contribution is 2.29. The maximum Gasteiger partial charge on any atom is 0.255 e. The molecule has 0 saturated carbocycles. The molecular formula is C16H24N2O2. The summed E-state index contributed by atoms with van der Waals surface area (Å²) in [4.78, 5) is 14.6. The third-order valence-corrected chi connectivity index (χ3v) is 3.95. The smallest absolute Gasteiger partial charge is 0.255 e. The van der Waals surface area contributed by atoms with E-state index in [0.29, 0.717) is 13.2 Å². The Hall–Kier alpha value is -1.55. The number of nitrogen functional groups attached to an aromatic ring is 1. The largest absolute Gasteiger partial charge is 0.398 e. The molecule has 1 aliphatic rings. The highest BCUT2D eigenvalue weighted by atomic mass is 16.5. The summed E-state index contributed by atoms with van der Waals surface area (Å²) in [5.41, 5.74) is 7.02. The molecule has 4 nitrogen and oxygen atoms in total. The van der Waals surface area contributed by atoms with Crippen LogP contribution in [0.4, 0.5) is 5.69 Å². The molecule has 1 heterocycles. The van der Waals surface area contributed by atoms with Crippen molar-refractivity contribution in [3.8, 4) is 0 Å². The third-order valence-electron chi connectivity index (χ3n) is 3.95. The summed E-state index contributed by atoms with van der Waals surface area (Å²) in [5.74, 6) is 0.0632. The Bertz CT molecular complexity index is 479. The first-order chi connectivity index (χ1) is 9.44. The van der Waals surface area contributed by atoms with Gasteiger partial charge < -0.3 is 15.4 Å². The number of ether oxygens (including phenoxy) is 1. The lowest BCUT2D eigenvalue weighted by molar-refractivity contribution is -0.153. The van der Waals surface area contributed by atoms with Gasteiger partial charge in [-0.3, -0.25) is 4.79 Å². The molecule has 0 radical (unpaired) electrons. The van der Waals surface area contributed by atoms with Crippen LogP contribution < -0.4 is 5.73 Å². The molecule has 0 aliphatic carbocycles. The average molecular weight is 276 g/mol. The molecule has 0 bridgehead atoms. The normalized spacial score (nSPS) is 22.2. The van der Waals surface area contributed by atoms with Crippen molar-refractivity contribution in [1.82, 2.24) is 4.90 Å². The summed E-state index contributed by atoms with van der Waals surface area (Å²) in [5, 5.41) is 0. The molecule has 1 aliphatic heterocycles. The van der Waals surface area contributed by atoms with Crippen LogP contribution >= 0.6 is 0 Å². The van der Waals surface area contributed by atoms with Crippen LogP contribution in [0.3, 0.4) is 0 Å². The van der Waals surface area contributed by atoms with Gasteiger partial charge in [0.05, 0.1) is 0 Å². The van der Waals surface area contributed by atoms with Crippen molar-refractivity contribution in [2.24, 2.45) is 0 Å². The summed E-state index contributed by atoms with van der Waals surface area (Å²) < 4.78 is 5.68. The SMILES string of the molecule is CC(C)N(Cc1ccccc1N)C(=O)C1(C)CCCO1. The second-order valence-electron chi connectivity index (χ2n) is 5.91. The third kappa shape index (κ3) is 2.96. The number of amides is 1. The van der Waals surface area contributed by atoms with E-state index in [1.54, 1.807) is 0 Å². The van der Waals surface area contributed by atoms with E-state index < -0.39 is 5.60 Å². The average Bonchev–Trinajstić information content (AvgIpc) is 2.85. The molecule has 1 atom stereocenters. The van der Waals surface area contributed by atoms with Gasteiger partial charge in [-0.05, 0) is 45.2 Å². The molecule has 2 rings (SSSR count). The maximum absolute atomic E-state index is 12.8. The lowest BCUT2D eigenvalue weighted by atomic mass is 9.99. The van der Waals surface area contributed by atoms with Gasteiger partial charge in [-0.2, -0.15) is 0 Å². The Morgan fingerprint density at radius 3 is 2.70 bits per heavy atom. The molecule has 1 aromatic rings. The molecule has 2 N–H and O–H groups in total. The van der Waals surface area contributed by atoms with E-state index in [-0.39, 0.29) is 11.9 Å². The number of anilines is 1.